The van der Waals surface area contributed by atoms with Crippen molar-refractivity contribution in [2.45, 2.75) is 46.7 Å². The van der Waals surface area contributed by atoms with Gasteiger partial charge in [0, 0.05) is 17.7 Å². The lowest BCUT2D eigenvalue weighted by atomic mass is 10.1. The summed E-state index contributed by atoms with van der Waals surface area (Å²) >= 11 is 0. The molecule has 0 saturated heterocycles. The van der Waals surface area contributed by atoms with Crippen LogP contribution in [0.1, 0.15) is 66.9 Å². The molecule has 8 rings (SSSR count). The third kappa shape index (κ3) is 15.6. The Morgan fingerprint density at radius 2 is 0.885 bits per heavy atom. The highest BCUT2D eigenvalue weighted by Crippen LogP contribution is 2.28. The Balaban J connectivity index is 0.000000226. The van der Waals surface area contributed by atoms with Crippen LogP contribution in [0.15, 0.2) is 167 Å². The number of benzene rings is 6. The fraction of sp³-hybridized carbons (Fsp3) is 0.210. The third-order valence-electron chi connectivity index (χ3n) is 12.0. The quantitative estimate of drug-likeness (QED) is 0.0849. The molecule has 2 atom stereocenters. The number of carboxylic acids is 1. The van der Waals surface area contributed by atoms with E-state index in [0.717, 1.165) is 21.6 Å². The van der Waals surface area contributed by atoms with Crippen LogP contribution in [0.4, 0.5) is 9.59 Å². The number of oxazole rings is 2. The second-order valence-corrected chi connectivity index (χ2v) is 17.1. The van der Waals surface area contributed by atoms with Gasteiger partial charge in [-0.05, 0) is 155 Å². The van der Waals surface area contributed by atoms with Gasteiger partial charge < -0.3 is 47.3 Å². The normalized spacial score (nSPS) is 11.1. The number of nitrogens with zero attached hydrogens (tertiary/aromatic N) is 4. The number of rotatable bonds is 17. The molecule has 78 heavy (non-hydrogen) atoms. The van der Waals surface area contributed by atoms with Crippen molar-refractivity contribution >= 4 is 18.2 Å². The minimum absolute atomic E-state index is 0.126. The minimum atomic E-state index is -1.16. The Morgan fingerprint density at radius 3 is 1.26 bits per heavy atom. The number of amides is 2. The maximum absolute atomic E-state index is 12.8. The first-order valence-electron chi connectivity index (χ1n) is 24.8. The molecule has 0 fully saturated rings. The summed E-state index contributed by atoms with van der Waals surface area (Å²) in [7, 11) is 3.12. The minimum Gasteiger partial charge on any atom is -0.497 e. The molecule has 6 aromatic carbocycles. The van der Waals surface area contributed by atoms with Crippen molar-refractivity contribution in [2.75, 3.05) is 40.5 Å². The second-order valence-electron chi connectivity index (χ2n) is 17.1. The van der Waals surface area contributed by atoms with E-state index in [-0.39, 0.29) is 25.0 Å². The molecule has 2 amide bonds. The van der Waals surface area contributed by atoms with Crippen molar-refractivity contribution in [1.82, 2.24) is 19.8 Å². The lowest BCUT2D eigenvalue weighted by Crippen LogP contribution is -2.39. The largest absolute Gasteiger partial charge is 0.497 e. The van der Waals surface area contributed by atoms with E-state index in [2.05, 4.69) is 33.6 Å². The van der Waals surface area contributed by atoms with E-state index in [1.807, 2.05) is 113 Å². The highest BCUT2D eigenvalue weighted by atomic mass is 16.6. The maximum atomic E-state index is 12.8. The highest BCUT2D eigenvalue weighted by molar-refractivity contribution is 5.78. The fourth-order valence-electron chi connectivity index (χ4n) is 7.63. The molecule has 0 aliphatic heterocycles. The Morgan fingerprint density at radius 1 is 0.526 bits per heavy atom. The van der Waals surface area contributed by atoms with Gasteiger partial charge in [0.2, 0.25) is 11.8 Å². The van der Waals surface area contributed by atoms with E-state index in [4.69, 9.17) is 37.3 Å². The van der Waals surface area contributed by atoms with Crippen LogP contribution in [0.5, 0.6) is 34.5 Å². The number of carbonyl (C=O) groups excluding carboxylic acids is 2. The molecule has 2 unspecified atom stereocenters. The number of hydrogen-bond acceptors (Lipinski definition) is 13. The van der Waals surface area contributed by atoms with Crippen LogP contribution in [-0.2, 0) is 4.79 Å². The van der Waals surface area contributed by atoms with E-state index < -0.39 is 30.7 Å². The summed E-state index contributed by atoms with van der Waals surface area (Å²) in [5, 5.41) is 9.38. The van der Waals surface area contributed by atoms with Gasteiger partial charge in [0.25, 0.3) is 0 Å². The lowest BCUT2D eigenvalue weighted by molar-refractivity contribution is -0.138. The summed E-state index contributed by atoms with van der Waals surface area (Å²) in [6.45, 7) is 9.56. The van der Waals surface area contributed by atoms with E-state index >= 15 is 0 Å². The van der Waals surface area contributed by atoms with Crippen molar-refractivity contribution in [3.05, 3.63) is 192 Å². The number of ether oxygens (including phenoxy) is 6. The number of aliphatic carboxylic acids is 1. The molecular formula is C62H58N4O12. The van der Waals surface area contributed by atoms with E-state index in [1.54, 1.807) is 91.7 Å². The molecule has 8 aromatic rings. The average molecular weight is 1050 g/mol. The van der Waals surface area contributed by atoms with Gasteiger partial charge in [0.05, 0.1) is 26.3 Å². The molecule has 1 N–H and O–H groups in total. The van der Waals surface area contributed by atoms with Crippen LogP contribution < -0.4 is 28.4 Å². The van der Waals surface area contributed by atoms with Crippen molar-refractivity contribution in [2.24, 2.45) is 0 Å². The number of carboxylic acid groups (broad SMARTS) is 1. The van der Waals surface area contributed by atoms with Gasteiger partial charge in [-0.25, -0.2) is 19.6 Å². The van der Waals surface area contributed by atoms with Crippen LogP contribution in [-0.4, -0.2) is 83.6 Å². The number of hydrogen-bond donors (Lipinski definition) is 1. The molecule has 16 heteroatoms. The third-order valence-corrected chi connectivity index (χ3v) is 12.0. The molecule has 2 aromatic heterocycles. The van der Waals surface area contributed by atoms with Crippen molar-refractivity contribution in [3.8, 4) is 81.1 Å². The van der Waals surface area contributed by atoms with Crippen LogP contribution in [0.2, 0.25) is 0 Å². The molecule has 0 radical (unpaired) electrons. The molecule has 0 spiro atoms. The SMILES string of the molecule is CCN(C(=O)Oc1ccc(OC)cc1)C(C)c1ccc(OCC#Cc2nc(-c3ccccc3)oc2C)cc1.COc1ccc(OC(=O)N(CC(=O)O)C(C)c2ccc(OCC#Cc3nc(-c4ccccc4)oc3C)cc2)cc1. The van der Waals surface area contributed by atoms with Gasteiger partial charge in [-0.3, -0.25) is 9.69 Å². The molecular weight excluding hydrogens is 993 g/mol. The van der Waals surface area contributed by atoms with Crippen LogP contribution >= 0.6 is 0 Å². The number of aryl methyl sites for hydroxylation is 2. The standard InChI is InChI=1S/C31H28N2O7.C31H30N2O5/c1-21(33(20-29(34)35)31(36)40-27-17-15-25(37-3)16-18-27)23-11-13-26(14-12-23)38-19-7-10-28-22(2)39-30(32-28)24-8-5-4-6-9-24;1-5-33(31(34)38-28-19-17-26(35-4)18-20-28)22(2)24-13-15-27(16-14-24)36-21-9-12-29-23(3)37-30(32-29)25-10-7-6-8-11-25/h4-6,8-9,11-18,21H,19-20H2,1-3H3,(H,34,35);6-8,10-11,13-20,22H,5,21H2,1-4H3. The monoisotopic (exact) mass is 1050 g/mol. The molecule has 2 heterocycles. The topological polar surface area (TPSA) is 185 Å². The maximum Gasteiger partial charge on any atom is 0.416 e. The van der Waals surface area contributed by atoms with Gasteiger partial charge >= 0.3 is 18.2 Å². The Labute approximate surface area is 453 Å². The summed E-state index contributed by atoms with van der Waals surface area (Å²) in [5.74, 6) is 16.4. The predicted molar refractivity (Wildman–Crippen MR) is 293 cm³/mol. The fourth-order valence-corrected chi connectivity index (χ4v) is 7.63. The summed E-state index contributed by atoms with van der Waals surface area (Å²) in [4.78, 5) is 48.9. The molecule has 0 bridgehead atoms. The second kappa shape index (κ2) is 27.6. The first kappa shape index (κ1) is 55.8. The Kier molecular flexibility index (Phi) is 19.7. The highest BCUT2D eigenvalue weighted by Gasteiger charge is 2.26. The zero-order valence-electron chi connectivity index (χ0n) is 44.2. The summed E-state index contributed by atoms with van der Waals surface area (Å²) in [5.41, 5.74) is 4.59. The first-order valence-corrected chi connectivity index (χ1v) is 24.8. The van der Waals surface area contributed by atoms with Crippen molar-refractivity contribution < 1.29 is 56.7 Å². The summed E-state index contributed by atoms with van der Waals surface area (Å²) in [6, 6.07) is 46.5. The molecule has 0 aliphatic carbocycles. The molecule has 16 nitrogen and oxygen atoms in total. The Hall–Kier alpha value is -9.93. The number of aromatic nitrogens is 2. The Bertz CT molecular complexity index is 3360. The van der Waals surface area contributed by atoms with E-state index in [0.29, 0.717) is 75.5 Å². The zero-order valence-corrected chi connectivity index (χ0v) is 44.2. The number of methoxy groups -OCH3 is 2. The van der Waals surface area contributed by atoms with Gasteiger partial charge in [0.15, 0.2) is 11.4 Å². The van der Waals surface area contributed by atoms with Gasteiger partial charge in [-0.1, -0.05) is 72.5 Å². The van der Waals surface area contributed by atoms with E-state index in [1.165, 1.54) is 7.11 Å². The molecule has 0 aliphatic rings. The van der Waals surface area contributed by atoms with Gasteiger partial charge in [-0.2, -0.15) is 0 Å². The lowest BCUT2D eigenvalue weighted by Gasteiger charge is -2.27. The zero-order chi connectivity index (χ0) is 55.4. The van der Waals surface area contributed by atoms with Crippen molar-refractivity contribution in [3.63, 3.8) is 0 Å². The van der Waals surface area contributed by atoms with Crippen LogP contribution in [0, 0.1) is 37.5 Å². The van der Waals surface area contributed by atoms with Gasteiger partial charge in [0.1, 0.15) is 65.8 Å². The molecule has 398 valence electrons. The summed E-state index contributed by atoms with van der Waals surface area (Å²) in [6.07, 6.45) is -1.20. The van der Waals surface area contributed by atoms with E-state index in [9.17, 15) is 19.5 Å². The predicted octanol–water partition coefficient (Wildman–Crippen LogP) is 12.4. The smallest absolute Gasteiger partial charge is 0.416 e. The molecule has 0 saturated carbocycles. The number of carbonyl (C=O) groups is 3. The first-order chi connectivity index (χ1) is 37.8. The summed E-state index contributed by atoms with van der Waals surface area (Å²) < 4.78 is 44.2. The van der Waals surface area contributed by atoms with Crippen LogP contribution in [0.25, 0.3) is 22.9 Å². The average Bonchev–Trinajstić information content (AvgIpc) is 4.04. The van der Waals surface area contributed by atoms with Crippen molar-refractivity contribution in [1.29, 1.82) is 0 Å². The van der Waals surface area contributed by atoms with Gasteiger partial charge in [-0.15, -0.1) is 0 Å². The van der Waals surface area contributed by atoms with Crippen LogP contribution in [0.3, 0.4) is 0 Å².